The quantitative estimate of drug-likeness (QED) is 0.202. The molecule has 2 atom stereocenters. The van der Waals surface area contributed by atoms with Gasteiger partial charge in [-0.25, -0.2) is 4.18 Å². The van der Waals surface area contributed by atoms with E-state index in [0.717, 1.165) is 16.9 Å². The minimum Gasteiger partial charge on any atom is -0.508 e. The molecule has 0 spiro atoms. The van der Waals surface area contributed by atoms with Crippen molar-refractivity contribution in [3.05, 3.63) is 59.7 Å². The van der Waals surface area contributed by atoms with Gasteiger partial charge in [-0.2, -0.15) is 5.10 Å². The van der Waals surface area contributed by atoms with Gasteiger partial charge in [0, 0.05) is 6.54 Å². The number of benzene rings is 2. The number of aromatic hydroxyl groups is 1. The van der Waals surface area contributed by atoms with Crippen LogP contribution in [0, 0.1) is 0 Å². The second kappa shape index (κ2) is 12.3. The van der Waals surface area contributed by atoms with Crippen molar-refractivity contribution in [3.8, 4) is 11.5 Å². The Kier molecular flexibility index (Phi) is 9.93. The van der Waals surface area contributed by atoms with E-state index >= 15 is 0 Å². The molecule has 3 rings (SSSR count). The molecule has 0 aromatic heterocycles. The number of rotatable bonds is 12. The van der Waals surface area contributed by atoms with Gasteiger partial charge in [0.1, 0.15) is 16.8 Å². The zero-order valence-electron chi connectivity index (χ0n) is 19.3. The zero-order chi connectivity index (χ0) is 24.9. The van der Waals surface area contributed by atoms with E-state index in [9.17, 15) is 24.7 Å². The first-order valence-corrected chi connectivity index (χ1v) is 17.2. The molecule has 1 heterocycles. The number of phenols is 1. The highest BCUT2D eigenvalue weighted by atomic mass is 32.6. The molecule has 0 amide bonds. The number of hydrogen-bond acceptors (Lipinski definition) is 9. The molecule has 13 heteroatoms. The number of ether oxygens (including phenoxy) is 1. The highest BCUT2D eigenvalue weighted by Gasteiger charge is 2.41. The van der Waals surface area contributed by atoms with Crippen molar-refractivity contribution >= 4 is 40.1 Å². The summed E-state index contributed by atoms with van der Waals surface area (Å²) in [5, 5.41) is 13.7. The second-order valence-electron chi connectivity index (χ2n) is 8.32. The topological polar surface area (TPSA) is 129 Å². The van der Waals surface area contributed by atoms with E-state index in [2.05, 4.69) is 29.4 Å². The van der Waals surface area contributed by atoms with E-state index < -0.39 is 23.6 Å². The average Bonchev–Trinajstić information content (AvgIpc) is 3.42. The molecule has 2 aromatic rings. The maximum atomic E-state index is 9.41. The summed E-state index contributed by atoms with van der Waals surface area (Å²) >= 11 is 0. The Bertz CT molecular complexity index is 1010. The van der Waals surface area contributed by atoms with Crippen LogP contribution in [0.1, 0.15) is 25.0 Å². The van der Waals surface area contributed by atoms with Crippen molar-refractivity contribution in [1.82, 2.24) is 9.08 Å². The fraction of sp³-hybridized carbons (Fsp3) is 0.381. The van der Waals surface area contributed by atoms with Crippen LogP contribution in [0.15, 0.2) is 53.6 Å². The summed E-state index contributed by atoms with van der Waals surface area (Å²) in [6.45, 7) is 3.67. The van der Waals surface area contributed by atoms with Crippen LogP contribution in [0.5, 0.6) is 11.5 Å². The molecule has 0 radical (unpaired) electrons. The van der Waals surface area contributed by atoms with Crippen LogP contribution in [0.3, 0.4) is 0 Å². The smallest absolute Gasteiger partial charge is 0.180 e. The lowest BCUT2D eigenvalue weighted by Crippen LogP contribution is -2.27. The first kappa shape index (κ1) is 27.5. The molecule has 2 unspecified atom stereocenters. The third-order valence-electron chi connectivity index (χ3n) is 5.07. The largest absolute Gasteiger partial charge is 0.508 e. The highest BCUT2D eigenvalue weighted by molar-refractivity contribution is 8.38. The van der Waals surface area contributed by atoms with Crippen LogP contribution in [0.2, 0.25) is 0 Å². The van der Waals surface area contributed by atoms with Crippen molar-refractivity contribution < 1.29 is 29.4 Å². The van der Waals surface area contributed by atoms with Gasteiger partial charge < -0.3 is 29.4 Å². The van der Waals surface area contributed by atoms with Crippen molar-refractivity contribution in [2.24, 2.45) is 5.10 Å². The van der Waals surface area contributed by atoms with E-state index in [4.69, 9.17) is 4.74 Å². The lowest BCUT2D eigenvalue weighted by atomic mass is 10.1. The summed E-state index contributed by atoms with van der Waals surface area (Å²) in [5.74, 6) is 1.01. The van der Waals surface area contributed by atoms with Crippen LogP contribution in [0.25, 0.3) is 0 Å². The molecule has 1 aliphatic rings. The molecule has 34 heavy (non-hydrogen) atoms. The average molecular weight is 547 g/mol. The minimum atomic E-state index is -2.12. The Hall–Kier alpha value is -1.05. The standard InChI is InChI=1S/C21H32N3O6P3S/c1-21(2,33-24(34(33)3)22-14-18-4-8-19(25)9-5-18)30-20-10-6-17(7-11-20)12-13-23(15-31(26)27)16-32(28)29/h4-11,14,25-29,33H,12-13,15-16H2,1-3H3. The number of hydrazone groups is 1. The summed E-state index contributed by atoms with van der Waals surface area (Å²) in [6, 6.07) is 14.7. The highest BCUT2D eigenvalue weighted by Crippen LogP contribution is 2.60. The van der Waals surface area contributed by atoms with E-state index in [1.54, 1.807) is 17.0 Å². The minimum absolute atomic E-state index is 0.0279. The third kappa shape index (κ3) is 8.27. The lowest BCUT2D eigenvalue weighted by molar-refractivity contribution is 0.200. The van der Waals surface area contributed by atoms with Crippen LogP contribution in [-0.4, -0.2) is 70.7 Å². The fourth-order valence-corrected chi connectivity index (χ4v) is 12.3. The van der Waals surface area contributed by atoms with Crippen LogP contribution in [-0.2, 0) is 16.7 Å². The van der Waals surface area contributed by atoms with Gasteiger partial charge in [0.05, 0.1) is 25.6 Å². The monoisotopic (exact) mass is 547 g/mol. The van der Waals surface area contributed by atoms with Crippen molar-refractivity contribution in [2.45, 2.75) is 25.6 Å². The Labute approximate surface area is 205 Å². The van der Waals surface area contributed by atoms with Gasteiger partial charge in [0.15, 0.2) is 16.8 Å². The summed E-state index contributed by atoms with van der Waals surface area (Å²) in [6.07, 6.45) is 4.68. The second-order valence-corrected chi connectivity index (χ2v) is 17.2. The Morgan fingerprint density at radius 2 is 1.62 bits per heavy atom. The normalized spacial score (nSPS) is 18.5. The van der Waals surface area contributed by atoms with E-state index in [0.29, 0.717) is 13.0 Å². The number of nitrogens with zero attached hydrogens (tertiary/aromatic N) is 3. The predicted molar refractivity (Wildman–Crippen MR) is 143 cm³/mol. The van der Waals surface area contributed by atoms with Gasteiger partial charge in [-0.15, -0.1) is 0 Å². The van der Waals surface area contributed by atoms with Gasteiger partial charge in [-0.3, -0.25) is 4.90 Å². The first-order valence-electron chi connectivity index (χ1n) is 10.5. The van der Waals surface area contributed by atoms with Crippen molar-refractivity contribution in [3.63, 3.8) is 0 Å². The van der Waals surface area contributed by atoms with Crippen LogP contribution in [0.4, 0.5) is 0 Å². The Balaban J connectivity index is 1.55. The molecule has 0 fully saturated rings. The summed E-state index contributed by atoms with van der Waals surface area (Å²) < 4.78 is 8.48. The molecule has 0 aliphatic carbocycles. The Morgan fingerprint density at radius 1 is 1.03 bits per heavy atom. The molecular weight excluding hydrogens is 515 g/mol. The predicted octanol–water partition coefficient (Wildman–Crippen LogP) is 3.42. The molecule has 0 bridgehead atoms. The van der Waals surface area contributed by atoms with Crippen molar-refractivity contribution in [1.29, 1.82) is 0 Å². The van der Waals surface area contributed by atoms with Gasteiger partial charge in [-0.1, -0.05) is 22.4 Å². The van der Waals surface area contributed by atoms with Gasteiger partial charge in [0.2, 0.25) is 0 Å². The van der Waals surface area contributed by atoms with Crippen molar-refractivity contribution in [2.75, 3.05) is 25.4 Å². The third-order valence-corrected chi connectivity index (χ3v) is 13.8. The zero-order valence-corrected chi connectivity index (χ0v) is 22.9. The Morgan fingerprint density at radius 3 is 2.18 bits per heavy atom. The molecule has 9 nitrogen and oxygen atoms in total. The molecule has 1 aliphatic heterocycles. The molecular formula is C21H32N3O6P3S. The van der Waals surface area contributed by atoms with Gasteiger partial charge >= 0.3 is 0 Å². The number of phenolic OH excluding ortho intramolecular Hbond substituents is 1. The number of hydrogen-bond donors (Lipinski definition) is 5. The van der Waals surface area contributed by atoms with Gasteiger partial charge in [-0.05, 0) is 74.0 Å². The first-order chi connectivity index (χ1) is 16.0. The van der Waals surface area contributed by atoms with E-state index in [-0.39, 0.29) is 33.9 Å². The van der Waals surface area contributed by atoms with Crippen LogP contribution >= 0.6 is 23.6 Å². The summed E-state index contributed by atoms with van der Waals surface area (Å²) in [7, 11) is -4.20. The van der Waals surface area contributed by atoms with Crippen LogP contribution < -0.4 is 4.74 Å². The lowest BCUT2D eigenvalue weighted by Gasteiger charge is -2.25. The maximum Gasteiger partial charge on any atom is 0.180 e. The molecule has 188 valence electrons. The van der Waals surface area contributed by atoms with E-state index in [1.807, 2.05) is 42.6 Å². The molecule has 0 saturated heterocycles. The molecule has 2 aromatic carbocycles. The SMILES string of the molecule is CS1=[PH](C(C)(C)Oc2ccc(CCN(CP(O)O)CP(O)O)cc2)N1N=Cc1ccc(O)cc1. The van der Waals surface area contributed by atoms with Gasteiger partial charge in [0.25, 0.3) is 0 Å². The molecule has 5 N–H and O–H groups in total. The fourth-order valence-electron chi connectivity index (χ4n) is 3.47. The maximum absolute atomic E-state index is 9.41. The van der Waals surface area contributed by atoms with E-state index in [1.165, 1.54) is 0 Å². The summed E-state index contributed by atoms with van der Waals surface area (Å²) in [5.41, 5.74) is 1.98. The molecule has 0 saturated carbocycles. The summed E-state index contributed by atoms with van der Waals surface area (Å²) in [4.78, 5) is 38.7.